The summed E-state index contributed by atoms with van der Waals surface area (Å²) < 4.78 is 11.0. The van der Waals surface area contributed by atoms with Crippen molar-refractivity contribution < 1.29 is 14.1 Å². The summed E-state index contributed by atoms with van der Waals surface area (Å²) in [5.41, 5.74) is 1.12. The van der Waals surface area contributed by atoms with Gasteiger partial charge in [0.05, 0.1) is 17.3 Å². The van der Waals surface area contributed by atoms with E-state index in [2.05, 4.69) is 26.4 Å². The minimum Gasteiger partial charge on any atom is -0.496 e. The molecule has 0 fully saturated rings. The molecule has 2 aromatic rings. The van der Waals surface area contributed by atoms with E-state index in [1.165, 1.54) is 11.8 Å². The Morgan fingerprint density at radius 1 is 1.48 bits per heavy atom. The second kappa shape index (κ2) is 7.51. The van der Waals surface area contributed by atoms with Crippen LogP contribution in [0.25, 0.3) is 0 Å². The average Bonchev–Trinajstić information content (AvgIpc) is 2.84. The van der Waals surface area contributed by atoms with Crippen LogP contribution in [0.2, 0.25) is 0 Å². The zero-order chi connectivity index (χ0) is 15.2. The van der Waals surface area contributed by atoms with Gasteiger partial charge in [-0.05, 0) is 40.5 Å². The van der Waals surface area contributed by atoms with Crippen LogP contribution in [0.4, 0.5) is 5.82 Å². The van der Waals surface area contributed by atoms with E-state index < -0.39 is 0 Å². The van der Waals surface area contributed by atoms with E-state index >= 15 is 0 Å². The first-order chi connectivity index (χ1) is 10.1. The normalized spacial score (nSPS) is 10.4. The number of methoxy groups -OCH3 is 1. The van der Waals surface area contributed by atoms with Crippen molar-refractivity contribution in [2.45, 2.75) is 12.7 Å². The molecule has 1 aromatic heterocycles. The second-order valence-corrected chi connectivity index (χ2v) is 6.17. The molecule has 1 N–H and O–H groups in total. The van der Waals surface area contributed by atoms with E-state index in [1.807, 2.05) is 18.2 Å². The van der Waals surface area contributed by atoms with Gasteiger partial charge in [0.2, 0.25) is 5.91 Å². The van der Waals surface area contributed by atoms with Crippen LogP contribution in [0.15, 0.2) is 33.3 Å². The molecule has 0 radical (unpaired) electrons. The summed E-state index contributed by atoms with van der Waals surface area (Å²) in [7, 11) is 1.63. The third-order valence-corrected chi connectivity index (χ3v) is 4.24. The Labute approximate surface area is 135 Å². The number of nitrogens with one attached hydrogen (secondary N) is 1. The van der Waals surface area contributed by atoms with Gasteiger partial charge in [-0.3, -0.25) is 4.79 Å². The van der Waals surface area contributed by atoms with Crippen LogP contribution in [0.1, 0.15) is 11.3 Å². The number of nitrogens with zero attached hydrogens (tertiary/aromatic N) is 1. The standard InChI is InChI=1S/C14H15BrN2O3S/c1-9-5-13(17-20-9)16-14(18)8-21-7-10-3-4-12(19-2)11(15)6-10/h3-6H,7-8H2,1-2H3,(H,16,17,18). The first-order valence-electron chi connectivity index (χ1n) is 6.22. The molecule has 21 heavy (non-hydrogen) atoms. The summed E-state index contributed by atoms with van der Waals surface area (Å²) in [5.74, 6) is 2.92. The topological polar surface area (TPSA) is 64.4 Å². The zero-order valence-corrected chi connectivity index (χ0v) is 14.1. The minimum atomic E-state index is -0.0964. The van der Waals surface area contributed by atoms with Crippen LogP contribution in [-0.2, 0) is 10.5 Å². The third kappa shape index (κ3) is 4.78. The Morgan fingerprint density at radius 3 is 2.90 bits per heavy atom. The highest BCUT2D eigenvalue weighted by molar-refractivity contribution is 9.10. The molecule has 7 heteroatoms. The largest absolute Gasteiger partial charge is 0.496 e. The molecule has 112 valence electrons. The zero-order valence-electron chi connectivity index (χ0n) is 11.7. The summed E-state index contributed by atoms with van der Waals surface area (Å²) in [4.78, 5) is 11.7. The van der Waals surface area contributed by atoms with Gasteiger partial charge in [0.15, 0.2) is 5.82 Å². The Bertz CT molecular complexity index is 630. The number of benzene rings is 1. The molecular formula is C14H15BrN2O3S. The van der Waals surface area contributed by atoms with Gasteiger partial charge in [-0.15, -0.1) is 11.8 Å². The highest BCUT2D eigenvalue weighted by Gasteiger charge is 2.07. The first-order valence-corrected chi connectivity index (χ1v) is 8.16. The number of carbonyl (C=O) groups excluding carboxylic acids is 1. The van der Waals surface area contributed by atoms with Crippen molar-refractivity contribution >= 4 is 39.4 Å². The van der Waals surface area contributed by atoms with Crippen molar-refractivity contribution in [2.24, 2.45) is 0 Å². The van der Waals surface area contributed by atoms with Crippen LogP contribution in [-0.4, -0.2) is 23.9 Å². The van der Waals surface area contributed by atoms with Gasteiger partial charge in [0, 0.05) is 11.8 Å². The molecule has 0 unspecified atom stereocenters. The number of amides is 1. The number of halogens is 1. The second-order valence-electron chi connectivity index (χ2n) is 4.33. The molecule has 1 amide bonds. The predicted molar refractivity (Wildman–Crippen MR) is 86.7 cm³/mol. The van der Waals surface area contributed by atoms with Crippen LogP contribution in [0.5, 0.6) is 5.75 Å². The summed E-state index contributed by atoms with van der Waals surface area (Å²) in [5, 5.41) is 6.40. The van der Waals surface area contributed by atoms with Crippen molar-refractivity contribution in [2.75, 3.05) is 18.2 Å². The SMILES string of the molecule is COc1ccc(CSCC(=O)Nc2cc(C)on2)cc1Br. The summed E-state index contributed by atoms with van der Waals surface area (Å²) in [6.07, 6.45) is 0. The highest BCUT2D eigenvalue weighted by Crippen LogP contribution is 2.27. The van der Waals surface area contributed by atoms with E-state index in [4.69, 9.17) is 9.26 Å². The molecule has 5 nitrogen and oxygen atoms in total. The number of rotatable bonds is 6. The Kier molecular flexibility index (Phi) is 5.69. The molecule has 0 aliphatic carbocycles. The Morgan fingerprint density at radius 2 is 2.29 bits per heavy atom. The maximum Gasteiger partial charge on any atom is 0.235 e. The smallest absolute Gasteiger partial charge is 0.235 e. The third-order valence-electron chi connectivity index (χ3n) is 2.61. The fourth-order valence-electron chi connectivity index (χ4n) is 1.67. The van der Waals surface area contributed by atoms with Crippen molar-refractivity contribution in [3.05, 3.63) is 40.1 Å². The summed E-state index contributed by atoms with van der Waals surface area (Å²) in [6.45, 7) is 1.78. The van der Waals surface area contributed by atoms with E-state index in [0.29, 0.717) is 17.3 Å². The lowest BCUT2D eigenvalue weighted by Crippen LogP contribution is -2.14. The maximum atomic E-state index is 11.7. The molecule has 0 spiro atoms. The molecule has 1 heterocycles. The van der Waals surface area contributed by atoms with Crippen molar-refractivity contribution in [1.82, 2.24) is 5.16 Å². The van der Waals surface area contributed by atoms with Gasteiger partial charge in [-0.25, -0.2) is 0 Å². The molecule has 0 bridgehead atoms. The highest BCUT2D eigenvalue weighted by atomic mass is 79.9. The molecule has 1 aromatic carbocycles. The minimum absolute atomic E-state index is 0.0964. The number of anilines is 1. The van der Waals surface area contributed by atoms with E-state index in [1.54, 1.807) is 20.1 Å². The molecule has 0 aliphatic rings. The Balaban J connectivity index is 1.78. The fraction of sp³-hybridized carbons (Fsp3) is 0.286. The quantitative estimate of drug-likeness (QED) is 0.840. The lowest BCUT2D eigenvalue weighted by atomic mass is 10.2. The van der Waals surface area contributed by atoms with Crippen LogP contribution in [0.3, 0.4) is 0 Å². The van der Waals surface area contributed by atoms with Crippen molar-refractivity contribution in [1.29, 1.82) is 0 Å². The summed E-state index contributed by atoms with van der Waals surface area (Å²) >= 11 is 4.97. The van der Waals surface area contributed by atoms with Crippen LogP contribution >= 0.6 is 27.7 Å². The van der Waals surface area contributed by atoms with Gasteiger partial charge in [0.1, 0.15) is 11.5 Å². The molecule has 0 saturated heterocycles. The van der Waals surface area contributed by atoms with E-state index in [9.17, 15) is 4.79 Å². The molecule has 0 saturated carbocycles. The number of aromatic nitrogens is 1. The molecule has 0 aliphatic heterocycles. The number of carbonyl (C=O) groups is 1. The number of hydrogen-bond acceptors (Lipinski definition) is 5. The van der Waals surface area contributed by atoms with Crippen LogP contribution in [0, 0.1) is 6.92 Å². The number of thioether (sulfide) groups is 1. The van der Waals surface area contributed by atoms with Gasteiger partial charge in [-0.2, -0.15) is 0 Å². The lowest BCUT2D eigenvalue weighted by molar-refractivity contribution is -0.113. The fourth-order valence-corrected chi connectivity index (χ4v) is 3.03. The van der Waals surface area contributed by atoms with Gasteiger partial charge in [0.25, 0.3) is 0 Å². The van der Waals surface area contributed by atoms with Crippen LogP contribution < -0.4 is 10.1 Å². The van der Waals surface area contributed by atoms with Gasteiger partial charge in [-0.1, -0.05) is 11.2 Å². The lowest BCUT2D eigenvalue weighted by Gasteiger charge is -2.06. The molecule has 2 rings (SSSR count). The van der Waals surface area contributed by atoms with E-state index in [-0.39, 0.29) is 5.91 Å². The molecular weight excluding hydrogens is 356 g/mol. The van der Waals surface area contributed by atoms with Gasteiger partial charge < -0.3 is 14.6 Å². The average molecular weight is 371 g/mol. The Hall–Kier alpha value is -1.47. The predicted octanol–water partition coefficient (Wildman–Crippen LogP) is 3.63. The molecule has 0 atom stereocenters. The van der Waals surface area contributed by atoms with E-state index in [0.717, 1.165) is 21.5 Å². The van der Waals surface area contributed by atoms with Crippen molar-refractivity contribution in [3.8, 4) is 5.75 Å². The maximum absolute atomic E-state index is 11.7. The summed E-state index contributed by atoms with van der Waals surface area (Å²) in [6, 6.07) is 7.56. The monoisotopic (exact) mass is 370 g/mol. The number of hydrogen-bond donors (Lipinski definition) is 1. The first kappa shape index (κ1) is 15.9. The van der Waals surface area contributed by atoms with Gasteiger partial charge >= 0.3 is 0 Å². The van der Waals surface area contributed by atoms with Crippen molar-refractivity contribution in [3.63, 3.8) is 0 Å². The number of ether oxygens (including phenoxy) is 1. The number of aryl methyl sites for hydroxylation is 1.